The number of aromatic nitrogens is 3. The average molecular weight is 344 g/mol. The molecule has 1 atom stereocenters. The lowest BCUT2D eigenvalue weighted by atomic mass is 9.92. The second-order valence-electron chi connectivity index (χ2n) is 6.80. The van der Waals surface area contributed by atoms with Gasteiger partial charge in [-0.3, -0.25) is 14.6 Å². The van der Waals surface area contributed by atoms with Gasteiger partial charge in [0.05, 0.1) is 24.6 Å². The van der Waals surface area contributed by atoms with Gasteiger partial charge in [0.2, 0.25) is 0 Å². The summed E-state index contributed by atoms with van der Waals surface area (Å²) in [6, 6.07) is 5.98. The Balaban J connectivity index is 1.23. The average Bonchev–Trinajstić information content (AvgIpc) is 3.21. The number of aryl methyl sites for hydroxylation is 1. The van der Waals surface area contributed by atoms with Crippen LogP contribution >= 0.6 is 11.8 Å². The van der Waals surface area contributed by atoms with Gasteiger partial charge in [-0.15, -0.1) is 11.8 Å². The first kappa shape index (κ1) is 16.1. The van der Waals surface area contributed by atoms with E-state index in [1.807, 2.05) is 35.3 Å². The first-order valence-corrected chi connectivity index (χ1v) is 9.62. The summed E-state index contributed by atoms with van der Waals surface area (Å²) >= 11 is 2.09. The van der Waals surface area contributed by atoms with Crippen molar-refractivity contribution >= 4 is 11.8 Å². The lowest BCUT2D eigenvalue weighted by molar-refractivity contribution is 0.0251. The van der Waals surface area contributed by atoms with Gasteiger partial charge in [0.15, 0.2) is 0 Å². The first-order valence-electron chi connectivity index (χ1n) is 8.64. The van der Waals surface area contributed by atoms with Crippen LogP contribution in [0.15, 0.2) is 36.8 Å². The van der Waals surface area contributed by atoms with E-state index < -0.39 is 0 Å². The molecule has 2 aromatic rings. The fourth-order valence-corrected chi connectivity index (χ4v) is 5.22. The Morgan fingerprint density at radius 2 is 2.29 bits per heavy atom. The number of ether oxygens (including phenoxy) is 1. The highest BCUT2D eigenvalue weighted by atomic mass is 32.2. The molecule has 0 amide bonds. The molecular formula is C18H24N4OS. The minimum atomic E-state index is 0.363. The third-order valence-corrected chi connectivity index (χ3v) is 6.38. The van der Waals surface area contributed by atoms with Gasteiger partial charge in [0, 0.05) is 54.6 Å². The molecule has 4 heterocycles. The van der Waals surface area contributed by atoms with E-state index in [2.05, 4.69) is 39.9 Å². The molecule has 4 rings (SSSR count). The number of thioether (sulfide) groups is 1. The van der Waals surface area contributed by atoms with E-state index in [9.17, 15) is 0 Å². The van der Waals surface area contributed by atoms with Crippen molar-refractivity contribution in [1.82, 2.24) is 19.7 Å². The van der Waals surface area contributed by atoms with Gasteiger partial charge in [0.1, 0.15) is 0 Å². The molecule has 0 N–H and O–H groups in total. The number of hydrogen-bond acceptors (Lipinski definition) is 5. The molecule has 0 aliphatic carbocycles. The minimum Gasteiger partial charge on any atom is -0.371 e. The highest BCUT2D eigenvalue weighted by Crippen LogP contribution is 2.46. The van der Waals surface area contributed by atoms with Crippen molar-refractivity contribution in [2.24, 2.45) is 0 Å². The van der Waals surface area contributed by atoms with Crippen LogP contribution in [0.25, 0.3) is 0 Å². The molecule has 128 valence electrons. The predicted octanol–water partition coefficient (Wildman–Crippen LogP) is 2.57. The van der Waals surface area contributed by atoms with Gasteiger partial charge in [-0.1, -0.05) is 6.07 Å². The summed E-state index contributed by atoms with van der Waals surface area (Å²) in [6.45, 7) is 7.03. The molecule has 1 spiro atoms. The van der Waals surface area contributed by atoms with Crippen molar-refractivity contribution < 1.29 is 4.74 Å². The van der Waals surface area contributed by atoms with Gasteiger partial charge in [-0.25, -0.2) is 0 Å². The van der Waals surface area contributed by atoms with E-state index in [0.717, 1.165) is 31.0 Å². The Bertz CT molecular complexity index is 669. The predicted molar refractivity (Wildman–Crippen MR) is 95.8 cm³/mol. The van der Waals surface area contributed by atoms with Crippen LogP contribution < -0.4 is 0 Å². The zero-order valence-electron chi connectivity index (χ0n) is 14.1. The van der Waals surface area contributed by atoms with Gasteiger partial charge in [-0.2, -0.15) is 5.10 Å². The van der Waals surface area contributed by atoms with Crippen molar-refractivity contribution in [3.63, 3.8) is 0 Å². The van der Waals surface area contributed by atoms with Crippen LogP contribution in [0, 0.1) is 0 Å². The van der Waals surface area contributed by atoms with Gasteiger partial charge in [0.25, 0.3) is 0 Å². The van der Waals surface area contributed by atoms with Crippen LogP contribution in [-0.4, -0.2) is 49.4 Å². The monoisotopic (exact) mass is 344 g/mol. The number of likely N-dealkylation sites (tertiary alicyclic amines) is 1. The summed E-state index contributed by atoms with van der Waals surface area (Å²) in [5.74, 6) is 1.11. The Kier molecular flexibility index (Phi) is 4.61. The molecule has 5 nitrogen and oxygen atoms in total. The van der Waals surface area contributed by atoms with Crippen LogP contribution in [0.1, 0.15) is 24.6 Å². The van der Waals surface area contributed by atoms with E-state index >= 15 is 0 Å². The third kappa shape index (κ3) is 3.50. The molecule has 2 saturated heterocycles. The minimum absolute atomic E-state index is 0.363. The molecule has 0 bridgehead atoms. The zero-order chi connectivity index (χ0) is 16.4. The van der Waals surface area contributed by atoms with E-state index in [0.29, 0.717) is 17.5 Å². The maximum absolute atomic E-state index is 6.08. The zero-order valence-corrected chi connectivity index (χ0v) is 14.9. The molecule has 6 heteroatoms. The normalized spacial score (nSPS) is 22.8. The lowest BCUT2D eigenvalue weighted by Crippen LogP contribution is -2.58. The molecule has 24 heavy (non-hydrogen) atoms. The summed E-state index contributed by atoms with van der Waals surface area (Å²) in [5.41, 5.74) is 2.34. The Morgan fingerprint density at radius 1 is 1.38 bits per heavy atom. The third-order valence-electron chi connectivity index (χ3n) is 4.81. The van der Waals surface area contributed by atoms with Gasteiger partial charge >= 0.3 is 0 Å². The molecule has 0 radical (unpaired) electrons. The van der Waals surface area contributed by atoms with Crippen molar-refractivity contribution in [3.8, 4) is 0 Å². The van der Waals surface area contributed by atoms with Crippen molar-refractivity contribution in [2.75, 3.05) is 18.8 Å². The van der Waals surface area contributed by atoms with Crippen LogP contribution in [-0.2, 0) is 24.4 Å². The maximum Gasteiger partial charge on any atom is 0.0892 e. The number of hydrogen-bond donors (Lipinski definition) is 0. The quantitative estimate of drug-likeness (QED) is 0.806. The molecule has 2 aliphatic heterocycles. The summed E-state index contributed by atoms with van der Waals surface area (Å²) in [5, 5.41) is 4.36. The number of pyridine rings is 1. The molecule has 2 fully saturated rings. The molecule has 2 aliphatic rings. The molecule has 1 unspecified atom stereocenters. The Morgan fingerprint density at radius 3 is 3.04 bits per heavy atom. The van der Waals surface area contributed by atoms with Gasteiger partial charge in [-0.05, 0) is 25.5 Å². The molecule has 0 saturated carbocycles. The standard InChI is InChI=1S/C18H24N4OS/c1-2-22-10-15(8-20-22)9-21-13-18(14-21)7-17(12-24-18)23-11-16-5-3-4-6-19-16/h3-6,8,10,17H,2,7,9,11-14H2,1H3. The summed E-state index contributed by atoms with van der Waals surface area (Å²) in [6.07, 6.45) is 7.51. The topological polar surface area (TPSA) is 43.2 Å². The van der Waals surface area contributed by atoms with Crippen molar-refractivity contribution in [1.29, 1.82) is 0 Å². The summed E-state index contributed by atoms with van der Waals surface area (Å²) < 4.78 is 8.49. The second kappa shape index (κ2) is 6.86. The Labute approximate surface area is 147 Å². The van der Waals surface area contributed by atoms with E-state index in [4.69, 9.17) is 4.74 Å². The first-order chi connectivity index (χ1) is 11.7. The fraction of sp³-hybridized carbons (Fsp3) is 0.556. The molecule has 2 aromatic heterocycles. The highest BCUT2D eigenvalue weighted by molar-refractivity contribution is 8.01. The van der Waals surface area contributed by atoms with E-state index in [1.54, 1.807) is 0 Å². The number of nitrogens with zero attached hydrogens (tertiary/aromatic N) is 4. The SMILES string of the molecule is CCn1cc(CN2CC3(CC(OCc4ccccn4)CS3)C2)cn1. The van der Waals surface area contributed by atoms with Crippen LogP contribution in [0.5, 0.6) is 0 Å². The van der Waals surface area contributed by atoms with E-state index in [-0.39, 0.29) is 0 Å². The highest BCUT2D eigenvalue weighted by Gasteiger charge is 2.49. The maximum atomic E-state index is 6.08. The Hall–Kier alpha value is -1.37. The second-order valence-corrected chi connectivity index (χ2v) is 8.29. The van der Waals surface area contributed by atoms with Crippen molar-refractivity contribution in [2.45, 2.75) is 43.9 Å². The van der Waals surface area contributed by atoms with Gasteiger partial charge < -0.3 is 4.74 Å². The summed E-state index contributed by atoms with van der Waals surface area (Å²) in [4.78, 5) is 6.85. The van der Waals surface area contributed by atoms with Crippen LogP contribution in [0.2, 0.25) is 0 Å². The van der Waals surface area contributed by atoms with Crippen LogP contribution in [0.3, 0.4) is 0 Å². The lowest BCUT2D eigenvalue weighted by Gasteiger charge is -2.47. The number of rotatable bonds is 6. The molecule has 0 aromatic carbocycles. The molecular weight excluding hydrogens is 320 g/mol. The van der Waals surface area contributed by atoms with E-state index in [1.165, 1.54) is 18.7 Å². The summed E-state index contributed by atoms with van der Waals surface area (Å²) in [7, 11) is 0. The van der Waals surface area contributed by atoms with Crippen LogP contribution in [0.4, 0.5) is 0 Å². The van der Waals surface area contributed by atoms with Crippen molar-refractivity contribution in [3.05, 3.63) is 48.0 Å². The fourth-order valence-electron chi connectivity index (χ4n) is 3.62. The largest absolute Gasteiger partial charge is 0.371 e. The smallest absolute Gasteiger partial charge is 0.0892 e.